The third-order valence-electron chi connectivity index (χ3n) is 3.25. The Labute approximate surface area is 129 Å². The molecule has 0 saturated heterocycles. The molecule has 0 atom stereocenters. The van der Waals surface area contributed by atoms with Crippen molar-refractivity contribution in [1.82, 2.24) is 4.83 Å². The molecule has 3 aromatic carbocycles. The largest absolute Gasteiger partial charge is 0.276 e. The van der Waals surface area contributed by atoms with Gasteiger partial charge in [0.2, 0.25) is 0 Å². The highest BCUT2D eigenvalue weighted by atomic mass is 32.2. The Morgan fingerprint density at radius 2 is 1.50 bits per heavy atom. The SMILES string of the molecule is O=S(=O)(N/N=C\c1cccc2ccccc12)c1ccccc1. The van der Waals surface area contributed by atoms with Crippen molar-refractivity contribution in [3.63, 3.8) is 0 Å². The third-order valence-corrected chi connectivity index (χ3v) is 4.49. The van der Waals surface area contributed by atoms with Gasteiger partial charge in [-0.15, -0.1) is 0 Å². The summed E-state index contributed by atoms with van der Waals surface area (Å²) in [6.07, 6.45) is 1.52. The van der Waals surface area contributed by atoms with Crippen LogP contribution in [0.25, 0.3) is 10.8 Å². The zero-order valence-electron chi connectivity index (χ0n) is 11.7. The molecule has 22 heavy (non-hydrogen) atoms. The van der Waals surface area contributed by atoms with Gasteiger partial charge in [-0.1, -0.05) is 60.7 Å². The van der Waals surface area contributed by atoms with Crippen LogP contribution in [0, 0.1) is 0 Å². The van der Waals surface area contributed by atoms with Crippen LogP contribution in [0.3, 0.4) is 0 Å². The predicted octanol–water partition coefficient (Wildman–Crippen LogP) is 3.15. The Kier molecular flexibility index (Phi) is 3.89. The van der Waals surface area contributed by atoms with Gasteiger partial charge in [0.25, 0.3) is 10.0 Å². The van der Waals surface area contributed by atoms with E-state index in [1.807, 2.05) is 42.5 Å². The van der Waals surface area contributed by atoms with Crippen molar-refractivity contribution in [3.8, 4) is 0 Å². The number of nitrogens with zero attached hydrogens (tertiary/aromatic N) is 1. The van der Waals surface area contributed by atoms with Crippen molar-refractivity contribution >= 4 is 27.0 Å². The molecular weight excluding hydrogens is 296 g/mol. The highest BCUT2D eigenvalue weighted by Gasteiger charge is 2.11. The van der Waals surface area contributed by atoms with Gasteiger partial charge in [-0.3, -0.25) is 0 Å². The number of hydrogen-bond acceptors (Lipinski definition) is 3. The number of hydrazone groups is 1. The molecule has 0 aliphatic rings. The molecule has 3 aromatic rings. The summed E-state index contributed by atoms with van der Waals surface area (Å²) in [7, 11) is -3.63. The fourth-order valence-electron chi connectivity index (χ4n) is 2.18. The first kappa shape index (κ1) is 14.3. The van der Waals surface area contributed by atoms with Gasteiger partial charge in [0.1, 0.15) is 0 Å². The smallest absolute Gasteiger partial charge is 0.200 e. The lowest BCUT2D eigenvalue weighted by atomic mass is 10.1. The number of hydrogen-bond donors (Lipinski definition) is 1. The van der Waals surface area contributed by atoms with Crippen molar-refractivity contribution in [2.75, 3.05) is 0 Å². The van der Waals surface area contributed by atoms with Gasteiger partial charge < -0.3 is 0 Å². The first-order valence-corrected chi connectivity index (χ1v) is 8.23. The second kappa shape index (κ2) is 5.99. The van der Waals surface area contributed by atoms with E-state index < -0.39 is 10.0 Å². The standard InChI is InChI=1S/C17H14N2O2S/c20-22(21,16-10-2-1-3-11-16)19-18-13-15-9-6-8-14-7-4-5-12-17(14)15/h1-13,19H/b18-13-. The van der Waals surface area contributed by atoms with Crippen molar-refractivity contribution in [2.45, 2.75) is 4.90 Å². The Morgan fingerprint density at radius 3 is 2.32 bits per heavy atom. The summed E-state index contributed by atoms with van der Waals surface area (Å²) in [5.41, 5.74) is 0.855. The second-order valence-electron chi connectivity index (χ2n) is 4.73. The fourth-order valence-corrected chi connectivity index (χ4v) is 2.99. The predicted molar refractivity (Wildman–Crippen MR) is 88.3 cm³/mol. The van der Waals surface area contributed by atoms with E-state index in [4.69, 9.17) is 0 Å². The first-order chi connectivity index (χ1) is 10.7. The van der Waals surface area contributed by atoms with Crippen LogP contribution in [0.5, 0.6) is 0 Å². The number of benzene rings is 3. The Hall–Kier alpha value is -2.66. The van der Waals surface area contributed by atoms with E-state index in [2.05, 4.69) is 9.93 Å². The number of nitrogens with one attached hydrogen (secondary N) is 1. The van der Waals surface area contributed by atoms with Crippen LogP contribution in [0.2, 0.25) is 0 Å². The van der Waals surface area contributed by atoms with Crippen LogP contribution in [0.15, 0.2) is 82.8 Å². The summed E-state index contributed by atoms with van der Waals surface area (Å²) in [6, 6.07) is 21.8. The van der Waals surface area contributed by atoms with E-state index in [-0.39, 0.29) is 4.90 Å². The second-order valence-corrected chi connectivity index (χ2v) is 6.40. The molecule has 0 fully saturated rings. The maximum absolute atomic E-state index is 12.1. The van der Waals surface area contributed by atoms with Crippen LogP contribution >= 0.6 is 0 Å². The van der Waals surface area contributed by atoms with E-state index in [1.54, 1.807) is 18.2 Å². The molecule has 110 valence electrons. The lowest BCUT2D eigenvalue weighted by Crippen LogP contribution is -2.18. The highest BCUT2D eigenvalue weighted by Crippen LogP contribution is 2.16. The number of fused-ring (bicyclic) bond motifs is 1. The van der Waals surface area contributed by atoms with Crippen LogP contribution in [0.1, 0.15) is 5.56 Å². The summed E-state index contributed by atoms with van der Waals surface area (Å²) in [6.45, 7) is 0. The van der Waals surface area contributed by atoms with Gasteiger partial charge >= 0.3 is 0 Å². The molecule has 0 spiro atoms. The van der Waals surface area contributed by atoms with E-state index in [0.29, 0.717) is 0 Å². The van der Waals surface area contributed by atoms with Crippen molar-refractivity contribution < 1.29 is 8.42 Å². The maximum atomic E-state index is 12.1. The molecule has 0 radical (unpaired) electrons. The lowest BCUT2D eigenvalue weighted by Gasteiger charge is -2.03. The minimum absolute atomic E-state index is 0.185. The molecular formula is C17H14N2O2S. The minimum Gasteiger partial charge on any atom is -0.200 e. The average molecular weight is 310 g/mol. The summed E-state index contributed by atoms with van der Waals surface area (Å²) < 4.78 is 24.1. The summed E-state index contributed by atoms with van der Waals surface area (Å²) >= 11 is 0. The summed E-state index contributed by atoms with van der Waals surface area (Å²) in [5.74, 6) is 0. The van der Waals surface area contributed by atoms with E-state index in [9.17, 15) is 8.42 Å². The van der Waals surface area contributed by atoms with Crippen LogP contribution in [-0.4, -0.2) is 14.6 Å². The number of sulfonamides is 1. The molecule has 0 amide bonds. The monoisotopic (exact) mass is 310 g/mol. The Bertz CT molecular complexity index is 914. The van der Waals surface area contributed by atoms with Crippen LogP contribution in [0.4, 0.5) is 0 Å². The molecule has 1 N–H and O–H groups in total. The molecule has 0 aromatic heterocycles. The molecule has 0 saturated carbocycles. The summed E-state index contributed by atoms with van der Waals surface area (Å²) in [4.78, 5) is 2.42. The number of rotatable bonds is 4. The quantitative estimate of drug-likeness (QED) is 0.594. The molecule has 4 nitrogen and oxygen atoms in total. The lowest BCUT2D eigenvalue weighted by molar-refractivity contribution is 0.584. The minimum atomic E-state index is -3.63. The zero-order chi connectivity index (χ0) is 15.4. The molecule has 5 heteroatoms. The molecule has 0 aliphatic carbocycles. The Morgan fingerprint density at radius 1 is 0.818 bits per heavy atom. The van der Waals surface area contributed by atoms with Gasteiger partial charge in [-0.05, 0) is 22.9 Å². The zero-order valence-corrected chi connectivity index (χ0v) is 12.5. The van der Waals surface area contributed by atoms with E-state index in [0.717, 1.165) is 16.3 Å². The normalized spacial score (nSPS) is 11.8. The summed E-state index contributed by atoms with van der Waals surface area (Å²) in [5, 5.41) is 5.98. The highest BCUT2D eigenvalue weighted by molar-refractivity contribution is 7.89. The van der Waals surface area contributed by atoms with E-state index in [1.165, 1.54) is 18.3 Å². The first-order valence-electron chi connectivity index (χ1n) is 6.74. The molecule has 3 rings (SSSR count). The average Bonchev–Trinajstić information content (AvgIpc) is 2.56. The van der Waals surface area contributed by atoms with Gasteiger partial charge in [-0.25, -0.2) is 4.83 Å². The van der Waals surface area contributed by atoms with Gasteiger partial charge in [-0.2, -0.15) is 13.5 Å². The maximum Gasteiger partial charge on any atom is 0.276 e. The van der Waals surface area contributed by atoms with Gasteiger partial charge in [0, 0.05) is 5.56 Å². The van der Waals surface area contributed by atoms with Gasteiger partial charge in [0.15, 0.2) is 0 Å². The molecule has 0 bridgehead atoms. The third kappa shape index (κ3) is 2.99. The Balaban J connectivity index is 1.85. The van der Waals surface area contributed by atoms with Crippen LogP contribution < -0.4 is 4.83 Å². The van der Waals surface area contributed by atoms with Crippen molar-refractivity contribution in [2.24, 2.45) is 5.10 Å². The molecule has 0 unspecified atom stereocenters. The molecule has 0 aliphatic heterocycles. The molecule has 0 heterocycles. The van der Waals surface area contributed by atoms with Crippen LogP contribution in [-0.2, 0) is 10.0 Å². The fraction of sp³-hybridized carbons (Fsp3) is 0. The van der Waals surface area contributed by atoms with Gasteiger partial charge in [0.05, 0.1) is 11.1 Å². The van der Waals surface area contributed by atoms with Crippen molar-refractivity contribution in [1.29, 1.82) is 0 Å². The van der Waals surface area contributed by atoms with E-state index >= 15 is 0 Å². The topological polar surface area (TPSA) is 58.5 Å². The van der Waals surface area contributed by atoms with Crippen molar-refractivity contribution in [3.05, 3.63) is 78.4 Å².